The summed E-state index contributed by atoms with van der Waals surface area (Å²) in [6.07, 6.45) is 1.93. The summed E-state index contributed by atoms with van der Waals surface area (Å²) in [5, 5.41) is 4.64. The van der Waals surface area contributed by atoms with Gasteiger partial charge in [0, 0.05) is 22.7 Å². The van der Waals surface area contributed by atoms with Crippen LogP contribution in [0.1, 0.15) is 12.5 Å². The maximum atomic E-state index is 6.10. The predicted octanol–water partition coefficient (Wildman–Crippen LogP) is 5.32. The van der Waals surface area contributed by atoms with Gasteiger partial charge in [0.05, 0.1) is 7.11 Å². The second-order valence-corrected chi connectivity index (χ2v) is 7.49. The molecule has 0 radical (unpaired) electrons. The first-order valence-corrected chi connectivity index (χ1v) is 10.1. The highest BCUT2D eigenvalue weighted by Crippen LogP contribution is 2.32. The molecule has 0 saturated heterocycles. The largest absolute Gasteiger partial charge is 0.481 e. The first-order valence-electron chi connectivity index (χ1n) is 9.14. The quantitative estimate of drug-likeness (QED) is 0.416. The van der Waals surface area contributed by atoms with Crippen LogP contribution in [0, 0.1) is 0 Å². The molecule has 0 spiro atoms. The van der Waals surface area contributed by atoms with Crippen LogP contribution < -0.4 is 9.47 Å². The number of pyridine rings is 1. The number of fused-ring (bicyclic) bond motifs is 1. The molecule has 0 aliphatic heterocycles. The molecule has 7 heteroatoms. The topological polar surface area (TPSA) is 61.5 Å². The van der Waals surface area contributed by atoms with E-state index >= 15 is 0 Å². The highest BCUT2D eigenvalue weighted by molar-refractivity contribution is 8.08. The molecular formula is C22H20N4O2S. The van der Waals surface area contributed by atoms with Crippen molar-refractivity contribution in [3.05, 3.63) is 72.9 Å². The van der Waals surface area contributed by atoms with Gasteiger partial charge in [-0.3, -0.25) is 0 Å². The zero-order valence-corrected chi connectivity index (χ0v) is 17.0. The monoisotopic (exact) mass is 404 g/mol. The van der Waals surface area contributed by atoms with Crippen molar-refractivity contribution in [1.82, 2.24) is 19.6 Å². The van der Waals surface area contributed by atoms with Crippen LogP contribution in [0.3, 0.4) is 0 Å². The Kier molecular flexibility index (Phi) is 5.48. The van der Waals surface area contributed by atoms with Crippen molar-refractivity contribution in [3.8, 4) is 29.0 Å². The number of rotatable bonds is 7. The summed E-state index contributed by atoms with van der Waals surface area (Å²) in [7, 11) is 1.58. The van der Waals surface area contributed by atoms with E-state index in [1.807, 2.05) is 54.7 Å². The maximum Gasteiger partial charge on any atom is 0.247 e. The Bertz CT molecular complexity index is 1160. The number of para-hydroxylation sites is 1. The molecule has 0 fully saturated rings. The van der Waals surface area contributed by atoms with Crippen molar-refractivity contribution < 1.29 is 9.47 Å². The molecule has 146 valence electrons. The third-order valence-corrected chi connectivity index (χ3v) is 5.06. The van der Waals surface area contributed by atoms with Gasteiger partial charge < -0.3 is 9.47 Å². The Hall–Kier alpha value is -3.32. The molecule has 0 aliphatic rings. The molecule has 0 bridgehead atoms. The summed E-state index contributed by atoms with van der Waals surface area (Å²) in [6.45, 7) is 6.26. The Morgan fingerprint density at radius 2 is 1.93 bits per heavy atom. The zero-order chi connectivity index (χ0) is 20.2. The fourth-order valence-corrected chi connectivity index (χ4v) is 3.45. The third-order valence-electron chi connectivity index (χ3n) is 4.19. The standard InChI is InChI=1S/C22H20N4O2S/c1-4-29-15(2)16-13-19-22(28-17-9-6-5-7-10-17)24-21(25-26(19)14-16)18-11-8-12-20(23-18)27-3/h5-14H,2,4H2,1,3H3. The number of aromatic nitrogens is 4. The molecule has 6 nitrogen and oxygen atoms in total. The van der Waals surface area contributed by atoms with Crippen molar-refractivity contribution in [2.24, 2.45) is 0 Å². The number of hydrogen-bond acceptors (Lipinski definition) is 6. The van der Waals surface area contributed by atoms with Gasteiger partial charge in [-0.2, -0.15) is 4.98 Å². The van der Waals surface area contributed by atoms with Gasteiger partial charge in [-0.05, 0) is 30.0 Å². The lowest BCUT2D eigenvalue weighted by Gasteiger charge is -2.09. The number of ether oxygens (including phenoxy) is 2. The second kappa shape index (κ2) is 8.36. The number of methoxy groups -OCH3 is 1. The molecule has 0 amide bonds. The van der Waals surface area contributed by atoms with E-state index in [0.717, 1.165) is 21.7 Å². The van der Waals surface area contributed by atoms with E-state index in [2.05, 4.69) is 28.6 Å². The highest BCUT2D eigenvalue weighted by atomic mass is 32.2. The van der Waals surface area contributed by atoms with E-state index in [1.54, 1.807) is 29.5 Å². The summed E-state index contributed by atoms with van der Waals surface area (Å²) in [4.78, 5) is 10.1. The van der Waals surface area contributed by atoms with Crippen molar-refractivity contribution in [2.75, 3.05) is 12.9 Å². The van der Waals surface area contributed by atoms with Crippen LogP contribution in [0.15, 0.2) is 67.4 Å². The fourth-order valence-electron chi connectivity index (χ4n) is 2.82. The number of nitrogens with zero attached hydrogens (tertiary/aromatic N) is 4. The van der Waals surface area contributed by atoms with E-state index in [1.165, 1.54) is 0 Å². The minimum Gasteiger partial charge on any atom is -0.481 e. The van der Waals surface area contributed by atoms with Crippen LogP contribution in [0.5, 0.6) is 17.5 Å². The minimum atomic E-state index is 0.443. The highest BCUT2D eigenvalue weighted by Gasteiger charge is 2.16. The van der Waals surface area contributed by atoms with Crippen LogP contribution in [0.25, 0.3) is 21.9 Å². The van der Waals surface area contributed by atoms with Gasteiger partial charge in [-0.1, -0.05) is 37.8 Å². The molecule has 29 heavy (non-hydrogen) atoms. The SMILES string of the molecule is C=C(SCC)c1cc2c(Oc3ccccc3)nc(-c3cccc(OC)n3)nn2c1. The van der Waals surface area contributed by atoms with E-state index < -0.39 is 0 Å². The minimum absolute atomic E-state index is 0.443. The van der Waals surface area contributed by atoms with E-state index in [9.17, 15) is 0 Å². The molecular weight excluding hydrogens is 384 g/mol. The molecule has 1 aromatic carbocycles. The average molecular weight is 404 g/mol. The normalized spacial score (nSPS) is 10.8. The fraction of sp³-hybridized carbons (Fsp3) is 0.136. The Balaban J connectivity index is 1.85. The molecule has 3 aromatic heterocycles. The average Bonchev–Trinajstić information content (AvgIpc) is 3.19. The summed E-state index contributed by atoms with van der Waals surface area (Å²) < 4.78 is 13.1. The Morgan fingerprint density at radius 3 is 2.69 bits per heavy atom. The smallest absolute Gasteiger partial charge is 0.247 e. The molecule has 4 rings (SSSR count). The van der Waals surface area contributed by atoms with Crippen molar-refractivity contribution in [1.29, 1.82) is 0 Å². The Labute approximate surface area is 173 Å². The van der Waals surface area contributed by atoms with Crippen LogP contribution >= 0.6 is 11.8 Å². The van der Waals surface area contributed by atoms with Gasteiger partial charge in [-0.25, -0.2) is 9.50 Å². The molecule has 0 N–H and O–H groups in total. The summed E-state index contributed by atoms with van der Waals surface area (Å²) in [5.41, 5.74) is 2.34. The summed E-state index contributed by atoms with van der Waals surface area (Å²) >= 11 is 1.69. The van der Waals surface area contributed by atoms with Crippen LogP contribution in [0.4, 0.5) is 0 Å². The molecule has 0 saturated carbocycles. The molecule has 0 atom stereocenters. The lowest BCUT2D eigenvalue weighted by molar-refractivity contribution is 0.398. The van der Waals surface area contributed by atoms with Crippen molar-refractivity contribution >= 4 is 22.2 Å². The van der Waals surface area contributed by atoms with Crippen molar-refractivity contribution in [2.45, 2.75) is 6.92 Å². The van der Waals surface area contributed by atoms with Gasteiger partial charge in [0.2, 0.25) is 17.6 Å². The Morgan fingerprint density at radius 1 is 1.10 bits per heavy atom. The molecule has 0 aliphatic carbocycles. The van der Waals surface area contributed by atoms with E-state index in [4.69, 9.17) is 9.47 Å². The molecule has 0 unspecified atom stereocenters. The zero-order valence-electron chi connectivity index (χ0n) is 16.2. The number of benzene rings is 1. The summed E-state index contributed by atoms with van der Waals surface area (Å²) in [6, 6.07) is 17.0. The first kappa shape index (κ1) is 19.0. The van der Waals surface area contributed by atoms with Crippen LogP contribution in [0.2, 0.25) is 0 Å². The maximum absolute atomic E-state index is 6.10. The van der Waals surface area contributed by atoms with Crippen LogP contribution in [-0.2, 0) is 0 Å². The van der Waals surface area contributed by atoms with E-state index in [-0.39, 0.29) is 0 Å². The van der Waals surface area contributed by atoms with Crippen LogP contribution in [-0.4, -0.2) is 32.4 Å². The summed E-state index contributed by atoms with van der Waals surface area (Å²) in [5.74, 6) is 3.03. The molecule has 3 heterocycles. The van der Waals surface area contributed by atoms with Crippen molar-refractivity contribution in [3.63, 3.8) is 0 Å². The van der Waals surface area contributed by atoms with Gasteiger partial charge in [0.25, 0.3) is 0 Å². The lowest BCUT2D eigenvalue weighted by Crippen LogP contribution is -2.02. The number of thioether (sulfide) groups is 1. The lowest BCUT2D eigenvalue weighted by atomic mass is 10.3. The van der Waals surface area contributed by atoms with Gasteiger partial charge >= 0.3 is 0 Å². The third kappa shape index (κ3) is 4.09. The van der Waals surface area contributed by atoms with Gasteiger partial charge in [0.15, 0.2) is 0 Å². The predicted molar refractivity (Wildman–Crippen MR) is 116 cm³/mol. The van der Waals surface area contributed by atoms with E-state index in [0.29, 0.717) is 29.0 Å². The second-order valence-electron chi connectivity index (χ2n) is 6.14. The first-order chi connectivity index (χ1) is 14.2. The number of hydrogen-bond donors (Lipinski definition) is 0. The van der Waals surface area contributed by atoms with Gasteiger partial charge in [-0.15, -0.1) is 16.9 Å². The molecule has 4 aromatic rings. The van der Waals surface area contributed by atoms with Gasteiger partial charge in [0.1, 0.15) is 17.0 Å².